The van der Waals surface area contributed by atoms with Crippen LogP contribution in [0.4, 0.5) is 0 Å². The first-order valence-corrected chi connectivity index (χ1v) is 10.00. The Morgan fingerprint density at radius 1 is 1.31 bits per heavy atom. The number of fused-ring (bicyclic) bond motifs is 2. The van der Waals surface area contributed by atoms with Gasteiger partial charge >= 0.3 is 0 Å². The predicted molar refractivity (Wildman–Crippen MR) is 113 cm³/mol. The smallest absolute Gasteiger partial charge is 0.254 e. The van der Waals surface area contributed by atoms with Crippen molar-refractivity contribution in [3.05, 3.63) is 36.2 Å². The third-order valence-electron chi connectivity index (χ3n) is 6.26. The van der Waals surface area contributed by atoms with E-state index in [2.05, 4.69) is 18.9 Å². The van der Waals surface area contributed by atoms with Gasteiger partial charge in [-0.2, -0.15) is 5.10 Å². The van der Waals surface area contributed by atoms with Crippen molar-refractivity contribution in [1.82, 2.24) is 19.7 Å². The third kappa shape index (κ3) is 3.22. The molecule has 1 amide bonds. The zero-order valence-corrected chi connectivity index (χ0v) is 17.4. The number of carbonyl (C=O) groups is 1. The van der Waals surface area contributed by atoms with Gasteiger partial charge in [0.05, 0.1) is 23.4 Å². The summed E-state index contributed by atoms with van der Waals surface area (Å²) >= 11 is 0. The van der Waals surface area contributed by atoms with Crippen molar-refractivity contribution in [1.29, 1.82) is 0 Å². The van der Waals surface area contributed by atoms with Crippen molar-refractivity contribution in [3.63, 3.8) is 0 Å². The first-order chi connectivity index (χ1) is 13.5. The van der Waals surface area contributed by atoms with Gasteiger partial charge in [0.2, 0.25) is 0 Å². The normalized spacial score (nSPS) is 23.6. The molecule has 3 aromatic rings. The van der Waals surface area contributed by atoms with Gasteiger partial charge in [-0.15, -0.1) is 12.4 Å². The summed E-state index contributed by atoms with van der Waals surface area (Å²) in [6.45, 7) is 5.63. The maximum atomic E-state index is 13.5. The Hall–Kier alpha value is -2.38. The Morgan fingerprint density at radius 2 is 2.14 bits per heavy atom. The Balaban J connectivity index is 0.00000205. The zero-order chi connectivity index (χ0) is 19.4. The summed E-state index contributed by atoms with van der Waals surface area (Å²) in [5, 5.41) is 5.28. The molecule has 3 unspecified atom stereocenters. The van der Waals surface area contributed by atoms with E-state index in [0.717, 1.165) is 31.3 Å². The van der Waals surface area contributed by atoms with Crippen LogP contribution in [0.15, 0.2) is 35.1 Å². The number of amides is 1. The van der Waals surface area contributed by atoms with E-state index in [1.807, 2.05) is 27.8 Å². The predicted octanol–water partition coefficient (Wildman–Crippen LogP) is 3.50. The van der Waals surface area contributed by atoms with Crippen LogP contribution in [0.3, 0.4) is 0 Å². The Morgan fingerprint density at radius 3 is 2.83 bits per heavy atom. The number of halogens is 1. The lowest BCUT2D eigenvalue weighted by Crippen LogP contribution is -2.33. The average molecular weight is 416 g/mol. The largest absolute Gasteiger partial charge is 0.463 e. The van der Waals surface area contributed by atoms with Crippen LogP contribution in [0.5, 0.6) is 0 Å². The standard InChI is InChI=1S/C21H25N5O2.ClH/c1-12(2)26-20-15(9-23-26)14(8-18(24-20)19-4-3-7-28-19)21(27)25-10-13-5-6-17(22)16(13)11-25;/h3-4,7-9,12-13,16-17H,5-6,10-11,22H2,1-2H3;1H. The van der Waals surface area contributed by atoms with Gasteiger partial charge < -0.3 is 15.1 Å². The van der Waals surface area contributed by atoms with E-state index >= 15 is 0 Å². The van der Waals surface area contributed by atoms with Crippen LogP contribution in [0.25, 0.3) is 22.5 Å². The molecule has 154 valence electrons. The molecule has 1 aliphatic heterocycles. The lowest BCUT2D eigenvalue weighted by molar-refractivity contribution is 0.0781. The maximum absolute atomic E-state index is 13.5. The van der Waals surface area contributed by atoms with E-state index in [0.29, 0.717) is 34.5 Å². The van der Waals surface area contributed by atoms with Crippen LogP contribution in [-0.2, 0) is 0 Å². The summed E-state index contributed by atoms with van der Waals surface area (Å²) in [5.74, 6) is 1.63. The fraction of sp³-hybridized carbons (Fsp3) is 0.476. The highest BCUT2D eigenvalue weighted by Crippen LogP contribution is 2.38. The molecule has 2 N–H and O–H groups in total. The summed E-state index contributed by atoms with van der Waals surface area (Å²) in [5.41, 5.74) is 8.26. The third-order valence-corrected chi connectivity index (χ3v) is 6.26. The molecular weight excluding hydrogens is 390 g/mol. The highest BCUT2D eigenvalue weighted by Gasteiger charge is 2.43. The second kappa shape index (κ2) is 7.46. The van der Waals surface area contributed by atoms with Crippen molar-refractivity contribution in [2.75, 3.05) is 13.1 Å². The fourth-order valence-corrected chi connectivity index (χ4v) is 4.77. The summed E-state index contributed by atoms with van der Waals surface area (Å²) in [6.07, 6.45) is 5.56. The molecule has 0 radical (unpaired) electrons. The van der Waals surface area contributed by atoms with Gasteiger partial charge in [0, 0.05) is 25.2 Å². The first kappa shape index (κ1) is 19.9. The maximum Gasteiger partial charge on any atom is 0.254 e. The van der Waals surface area contributed by atoms with Gasteiger partial charge in [0.25, 0.3) is 5.91 Å². The van der Waals surface area contributed by atoms with E-state index in [9.17, 15) is 4.79 Å². The van der Waals surface area contributed by atoms with Crippen LogP contribution in [0, 0.1) is 11.8 Å². The number of aromatic nitrogens is 3. The molecule has 3 atom stereocenters. The first-order valence-electron chi connectivity index (χ1n) is 10.00. The number of likely N-dealkylation sites (tertiary alicyclic amines) is 1. The molecule has 1 saturated carbocycles. The number of hydrogen-bond donors (Lipinski definition) is 1. The highest BCUT2D eigenvalue weighted by atomic mass is 35.5. The van der Waals surface area contributed by atoms with Gasteiger partial charge in [0.15, 0.2) is 11.4 Å². The molecule has 2 aliphatic rings. The number of nitrogens with zero attached hydrogens (tertiary/aromatic N) is 4. The SMILES string of the molecule is CC(C)n1ncc2c(C(=O)N3CC4CCC(N)C4C3)cc(-c3ccco3)nc21.Cl. The molecular formula is C21H26ClN5O2. The van der Waals surface area contributed by atoms with Crippen molar-refractivity contribution >= 4 is 29.3 Å². The topological polar surface area (TPSA) is 90.2 Å². The van der Waals surface area contributed by atoms with Crippen LogP contribution >= 0.6 is 12.4 Å². The van der Waals surface area contributed by atoms with E-state index < -0.39 is 0 Å². The number of furan rings is 1. The molecule has 29 heavy (non-hydrogen) atoms. The van der Waals surface area contributed by atoms with Crippen LogP contribution < -0.4 is 5.73 Å². The minimum absolute atomic E-state index is 0. The van der Waals surface area contributed by atoms with E-state index in [1.165, 1.54) is 0 Å². The van der Waals surface area contributed by atoms with Crippen LogP contribution in [0.2, 0.25) is 0 Å². The summed E-state index contributed by atoms with van der Waals surface area (Å²) in [4.78, 5) is 20.2. The summed E-state index contributed by atoms with van der Waals surface area (Å²) in [7, 11) is 0. The van der Waals surface area contributed by atoms with Crippen molar-refractivity contribution in [3.8, 4) is 11.5 Å². The number of rotatable bonds is 3. The number of hydrogen-bond acceptors (Lipinski definition) is 5. The highest BCUT2D eigenvalue weighted by molar-refractivity contribution is 6.06. The summed E-state index contributed by atoms with van der Waals surface area (Å²) < 4.78 is 7.40. The molecule has 1 saturated heterocycles. The van der Waals surface area contributed by atoms with Gasteiger partial charge in [-0.25, -0.2) is 9.67 Å². The van der Waals surface area contributed by atoms with Crippen molar-refractivity contribution < 1.29 is 9.21 Å². The lowest BCUT2D eigenvalue weighted by Gasteiger charge is -2.19. The van der Waals surface area contributed by atoms with Crippen molar-refractivity contribution in [2.24, 2.45) is 17.6 Å². The molecule has 7 nitrogen and oxygen atoms in total. The molecule has 4 heterocycles. The zero-order valence-electron chi connectivity index (χ0n) is 16.6. The number of pyridine rings is 1. The number of carbonyl (C=O) groups excluding carboxylic acids is 1. The minimum atomic E-state index is 0. The Labute approximate surface area is 175 Å². The second-order valence-electron chi connectivity index (χ2n) is 8.33. The molecule has 0 bridgehead atoms. The molecule has 2 fully saturated rings. The van der Waals surface area contributed by atoms with Crippen molar-refractivity contribution in [2.45, 2.75) is 38.8 Å². The second-order valence-corrected chi connectivity index (χ2v) is 8.33. The van der Waals surface area contributed by atoms with Gasteiger partial charge in [0.1, 0.15) is 5.69 Å². The quantitative estimate of drug-likeness (QED) is 0.706. The van der Waals surface area contributed by atoms with E-state index in [4.69, 9.17) is 15.1 Å². The van der Waals surface area contributed by atoms with Gasteiger partial charge in [-0.3, -0.25) is 4.79 Å². The van der Waals surface area contributed by atoms with Crippen LogP contribution in [0.1, 0.15) is 43.1 Å². The molecule has 0 aromatic carbocycles. The monoisotopic (exact) mass is 415 g/mol. The van der Waals surface area contributed by atoms with Crippen LogP contribution in [-0.4, -0.2) is 44.7 Å². The number of nitrogens with two attached hydrogens (primary N) is 1. The van der Waals surface area contributed by atoms with E-state index in [-0.39, 0.29) is 30.4 Å². The van der Waals surface area contributed by atoms with Gasteiger partial charge in [-0.05, 0) is 56.7 Å². The van der Waals surface area contributed by atoms with E-state index in [1.54, 1.807) is 12.5 Å². The minimum Gasteiger partial charge on any atom is -0.463 e. The fourth-order valence-electron chi connectivity index (χ4n) is 4.77. The Kier molecular flexibility index (Phi) is 5.12. The molecule has 3 aromatic heterocycles. The molecule has 5 rings (SSSR count). The molecule has 0 spiro atoms. The molecule has 1 aliphatic carbocycles. The lowest BCUT2D eigenvalue weighted by atomic mass is 9.98. The Bertz CT molecular complexity index is 1030. The average Bonchev–Trinajstić information content (AvgIpc) is 3.45. The molecule has 8 heteroatoms. The van der Waals surface area contributed by atoms with Gasteiger partial charge in [-0.1, -0.05) is 0 Å². The summed E-state index contributed by atoms with van der Waals surface area (Å²) in [6, 6.07) is 5.87.